The molecule has 0 unspecified atom stereocenters. The van der Waals surface area contributed by atoms with Gasteiger partial charge < -0.3 is 10.6 Å². The van der Waals surface area contributed by atoms with Crippen LogP contribution in [0.3, 0.4) is 0 Å². The molecule has 0 bridgehead atoms. The SMILES string of the molecule is CCCNc1nnc(SCC(=O)Nc2c(CC)cccc2CC)s1. The summed E-state index contributed by atoms with van der Waals surface area (Å²) in [5, 5.41) is 15.3. The van der Waals surface area contributed by atoms with Gasteiger partial charge >= 0.3 is 0 Å². The molecular formula is C17H24N4OS2. The summed E-state index contributed by atoms with van der Waals surface area (Å²) in [5.41, 5.74) is 3.32. The molecule has 0 saturated heterocycles. The van der Waals surface area contributed by atoms with E-state index in [4.69, 9.17) is 0 Å². The third-order valence-electron chi connectivity index (χ3n) is 3.52. The first-order valence-corrected chi connectivity index (χ1v) is 10.1. The molecule has 1 heterocycles. The second-order valence-corrected chi connectivity index (χ2v) is 7.50. The van der Waals surface area contributed by atoms with E-state index in [-0.39, 0.29) is 5.91 Å². The smallest absolute Gasteiger partial charge is 0.234 e. The Morgan fingerprint density at radius 3 is 2.50 bits per heavy atom. The highest BCUT2D eigenvalue weighted by Crippen LogP contribution is 2.27. The van der Waals surface area contributed by atoms with Crippen LogP contribution in [0, 0.1) is 0 Å². The highest BCUT2D eigenvalue weighted by molar-refractivity contribution is 8.01. The van der Waals surface area contributed by atoms with Crippen LogP contribution < -0.4 is 10.6 Å². The van der Waals surface area contributed by atoms with Crippen LogP contribution in [0.4, 0.5) is 10.8 Å². The van der Waals surface area contributed by atoms with Crippen LogP contribution in [-0.2, 0) is 17.6 Å². The fourth-order valence-corrected chi connectivity index (χ4v) is 3.85. The van der Waals surface area contributed by atoms with Crippen molar-refractivity contribution in [1.29, 1.82) is 0 Å². The number of thioether (sulfide) groups is 1. The van der Waals surface area contributed by atoms with E-state index in [1.165, 1.54) is 34.2 Å². The average molecular weight is 365 g/mol. The van der Waals surface area contributed by atoms with Crippen molar-refractivity contribution in [3.63, 3.8) is 0 Å². The Labute approximate surface area is 151 Å². The van der Waals surface area contributed by atoms with Gasteiger partial charge in [-0.3, -0.25) is 4.79 Å². The van der Waals surface area contributed by atoms with E-state index in [1.54, 1.807) is 0 Å². The van der Waals surface area contributed by atoms with E-state index < -0.39 is 0 Å². The maximum atomic E-state index is 12.3. The zero-order valence-electron chi connectivity index (χ0n) is 14.4. The van der Waals surface area contributed by atoms with Gasteiger partial charge in [-0.2, -0.15) is 0 Å². The Bertz CT molecular complexity index is 650. The first kappa shape index (κ1) is 18.7. The molecule has 2 rings (SSSR count). The first-order chi connectivity index (χ1) is 11.7. The fourth-order valence-electron chi connectivity index (χ4n) is 2.28. The number of hydrogen-bond acceptors (Lipinski definition) is 6. The Balaban J connectivity index is 1.93. The van der Waals surface area contributed by atoms with Crippen LogP contribution in [0.5, 0.6) is 0 Å². The molecule has 5 nitrogen and oxygen atoms in total. The molecular weight excluding hydrogens is 340 g/mol. The lowest BCUT2D eigenvalue weighted by molar-refractivity contribution is -0.113. The van der Waals surface area contributed by atoms with Gasteiger partial charge in [0.15, 0.2) is 4.34 Å². The number of hydrogen-bond donors (Lipinski definition) is 2. The molecule has 0 aliphatic heterocycles. The minimum absolute atomic E-state index is 0.00568. The lowest BCUT2D eigenvalue weighted by atomic mass is 10.0. The van der Waals surface area contributed by atoms with Gasteiger partial charge in [0.2, 0.25) is 11.0 Å². The number of para-hydroxylation sites is 1. The van der Waals surface area contributed by atoms with E-state index in [2.05, 4.69) is 53.7 Å². The van der Waals surface area contributed by atoms with Crippen molar-refractivity contribution in [3.8, 4) is 0 Å². The number of amides is 1. The van der Waals surface area contributed by atoms with E-state index in [0.29, 0.717) is 5.75 Å². The van der Waals surface area contributed by atoms with Crippen LogP contribution >= 0.6 is 23.1 Å². The van der Waals surface area contributed by atoms with Gasteiger partial charge in [0.1, 0.15) is 0 Å². The molecule has 0 atom stereocenters. The maximum Gasteiger partial charge on any atom is 0.234 e. The van der Waals surface area contributed by atoms with E-state index in [0.717, 1.165) is 41.0 Å². The van der Waals surface area contributed by atoms with Crippen LogP contribution in [0.2, 0.25) is 0 Å². The summed E-state index contributed by atoms with van der Waals surface area (Å²) in [6.45, 7) is 7.19. The predicted molar refractivity (Wildman–Crippen MR) is 103 cm³/mol. The van der Waals surface area contributed by atoms with E-state index in [9.17, 15) is 4.79 Å². The lowest BCUT2D eigenvalue weighted by Crippen LogP contribution is -2.16. The number of rotatable bonds is 9. The van der Waals surface area contributed by atoms with Gasteiger partial charge in [0.05, 0.1) is 5.75 Å². The van der Waals surface area contributed by atoms with Crippen molar-refractivity contribution < 1.29 is 4.79 Å². The molecule has 2 N–H and O–H groups in total. The van der Waals surface area contributed by atoms with Gasteiger partial charge in [-0.15, -0.1) is 10.2 Å². The third kappa shape index (κ3) is 5.21. The number of aryl methyl sites for hydroxylation is 2. The van der Waals surface area contributed by atoms with Crippen molar-refractivity contribution in [2.75, 3.05) is 22.9 Å². The second kappa shape index (κ2) is 9.64. The third-order valence-corrected chi connectivity index (χ3v) is 5.54. The zero-order chi connectivity index (χ0) is 17.4. The van der Waals surface area contributed by atoms with Crippen LogP contribution in [0.25, 0.3) is 0 Å². The van der Waals surface area contributed by atoms with Gasteiger partial charge in [-0.25, -0.2) is 0 Å². The molecule has 0 fully saturated rings. The van der Waals surface area contributed by atoms with Crippen molar-refractivity contribution in [1.82, 2.24) is 10.2 Å². The van der Waals surface area contributed by atoms with Gasteiger partial charge in [0.25, 0.3) is 0 Å². The molecule has 0 aliphatic carbocycles. The number of carbonyl (C=O) groups excluding carboxylic acids is 1. The van der Waals surface area contributed by atoms with Crippen molar-refractivity contribution >= 4 is 39.8 Å². The van der Waals surface area contributed by atoms with Crippen LogP contribution in [0.15, 0.2) is 22.5 Å². The Morgan fingerprint density at radius 2 is 1.88 bits per heavy atom. The zero-order valence-corrected chi connectivity index (χ0v) is 16.0. The van der Waals surface area contributed by atoms with Crippen molar-refractivity contribution in [2.45, 2.75) is 44.4 Å². The topological polar surface area (TPSA) is 66.9 Å². The van der Waals surface area contributed by atoms with E-state index >= 15 is 0 Å². The maximum absolute atomic E-state index is 12.3. The van der Waals surface area contributed by atoms with Gasteiger partial charge in [-0.1, -0.05) is 62.1 Å². The number of carbonyl (C=O) groups is 1. The molecule has 0 radical (unpaired) electrons. The monoisotopic (exact) mass is 364 g/mol. The quantitative estimate of drug-likeness (QED) is 0.652. The summed E-state index contributed by atoms with van der Waals surface area (Å²) < 4.78 is 0.809. The first-order valence-electron chi connectivity index (χ1n) is 8.28. The van der Waals surface area contributed by atoms with Gasteiger partial charge in [0, 0.05) is 12.2 Å². The average Bonchev–Trinajstić information content (AvgIpc) is 3.06. The predicted octanol–water partition coefficient (Wildman–Crippen LogP) is 4.22. The lowest BCUT2D eigenvalue weighted by Gasteiger charge is -2.14. The standard InChI is InChI=1S/C17H24N4OS2/c1-4-10-18-16-20-21-17(24-16)23-11-14(22)19-15-12(5-2)8-7-9-13(15)6-3/h7-9H,4-6,10-11H2,1-3H3,(H,18,20)(H,19,22). The molecule has 0 saturated carbocycles. The fraction of sp³-hybridized carbons (Fsp3) is 0.471. The number of anilines is 2. The van der Waals surface area contributed by atoms with Crippen molar-refractivity contribution in [3.05, 3.63) is 29.3 Å². The van der Waals surface area contributed by atoms with Crippen molar-refractivity contribution in [2.24, 2.45) is 0 Å². The number of nitrogens with one attached hydrogen (secondary N) is 2. The second-order valence-electron chi connectivity index (χ2n) is 5.30. The van der Waals surface area contributed by atoms with Gasteiger partial charge in [-0.05, 0) is 30.4 Å². The van der Waals surface area contributed by atoms with Crippen LogP contribution in [-0.4, -0.2) is 28.4 Å². The summed E-state index contributed by atoms with van der Waals surface area (Å²) in [6.07, 6.45) is 2.85. The largest absolute Gasteiger partial charge is 0.360 e. The Hall–Kier alpha value is -1.60. The molecule has 24 heavy (non-hydrogen) atoms. The summed E-state index contributed by atoms with van der Waals surface area (Å²) in [6, 6.07) is 6.19. The molecule has 130 valence electrons. The highest BCUT2D eigenvalue weighted by atomic mass is 32.2. The molecule has 1 aromatic heterocycles. The molecule has 0 aliphatic rings. The summed E-state index contributed by atoms with van der Waals surface area (Å²) in [5.74, 6) is 0.331. The van der Waals surface area contributed by atoms with Crippen LogP contribution in [0.1, 0.15) is 38.3 Å². The normalized spacial score (nSPS) is 10.6. The number of aromatic nitrogens is 2. The summed E-state index contributed by atoms with van der Waals surface area (Å²) in [4.78, 5) is 12.3. The molecule has 1 aromatic carbocycles. The molecule has 1 amide bonds. The van der Waals surface area contributed by atoms with E-state index in [1.807, 2.05) is 6.07 Å². The number of benzene rings is 1. The molecule has 2 aromatic rings. The summed E-state index contributed by atoms with van der Waals surface area (Å²) >= 11 is 2.91. The Morgan fingerprint density at radius 1 is 1.17 bits per heavy atom. The number of nitrogens with zero attached hydrogens (tertiary/aromatic N) is 2. The minimum atomic E-state index is -0.00568. The summed E-state index contributed by atoms with van der Waals surface area (Å²) in [7, 11) is 0. The highest BCUT2D eigenvalue weighted by Gasteiger charge is 2.12. The molecule has 0 spiro atoms. The minimum Gasteiger partial charge on any atom is -0.360 e. The Kier molecular flexibility index (Phi) is 7.52. The molecule has 7 heteroatoms.